The number of rotatable bonds is 3. The molecule has 0 aliphatic carbocycles. The van der Waals surface area contributed by atoms with E-state index >= 15 is 0 Å². The highest BCUT2D eigenvalue weighted by Crippen LogP contribution is 2.09. The van der Waals surface area contributed by atoms with E-state index in [0.29, 0.717) is 0 Å². The first-order valence-corrected chi connectivity index (χ1v) is 5.88. The zero-order valence-corrected chi connectivity index (χ0v) is 8.16. The summed E-state index contributed by atoms with van der Waals surface area (Å²) in [6.07, 6.45) is 4.37. The number of nitrogens with zero attached hydrogens (tertiary/aromatic N) is 1. The summed E-state index contributed by atoms with van der Waals surface area (Å²) in [5.74, 6) is -0.0430. The quantitative estimate of drug-likeness (QED) is 0.752. The molecule has 72 valence electrons. The molecule has 5 heteroatoms. The molecule has 1 atom stereocenters. The van der Waals surface area contributed by atoms with Gasteiger partial charge in [-0.05, 0) is 11.6 Å². The molecule has 0 radical (unpaired) electrons. The largest absolute Gasteiger partial charge is 0.323 e. The van der Waals surface area contributed by atoms with E-state index in [9.17, 15) is 8.42 Å². The van der Waals surface area contributed by atoms with Gasteiger partial charge < -0.3 is 5.73 Å². The minimum absolute atomic E-state index is 0.0430. The Morgan fingerprint density at radius 1 is 1.62 bits per heavy atom. The smallest absolute Gasteiger partial charge is 0.149 e. The van der Waals surface area contributed by atoms with Crippen molar-refractivity contribution < 1.29 is 8.42 Å². The zero-order chi connectivity index (χ0) is 9.90. The highest BCUT2D eigenvalue weighted by atomic mass is 32.2. The van der Waals surface area contributed by atoms with Crippen molar-refractivity contribution in [3.8, 4) is 0 Å². The maximum atomic E-state index is 10.9. The summed E-state index contributed by atoms with van der Waals surface area (Å²) in [7, 11) is -3.02. The van der Waals surface area contributed by atoms with Gasteiger partial charge in [-0.3, -0.25) is 4.98 Å². The molecule has 1 rings (SSSR count). The normalized spacial score (nSPS) is 14.0. The maximum absolute atomic E-state index is 10.9. The van der Waals surface area contributed by atoms with Crippen molar-refractivity contribution in [1.29, 1.82) is 0 Å². The third-order valence-electron chi connectivity index (χ3n) is 1.59. The van der Waals surface area contributed by atoms with Crippen LogP contribution in [0.4, 0.5) is 0 Å². The number of aromatic nitrogens is 1. The highest BCUT2D eigenvalue weighted by molar-refractivity contribution is 7.90. The van der Waals surface area contributed by atoms with Crippen LogP contribution in [0.3, 0.4) is 0 Å². The first-order valence-electron chi connectivity index (χ1n) is 3.82. The first kappa shape index (κ1) is 10.1. The maximum Gasteiger partial charge on any atom is 0.149 e. The van der Waals surface area contributed by atoms with Crippen LogP contribution in [-0.4, -0.2) is 25.4 Å². The van der Waals surface area contributed by atoms with Crippen LogP contribution in [0.25, 0.3) is 0 Å². The summed E-state index contributed by atoms with van der Waals surface area (Å²) in [4.78, 5) is 3.86. The second-order valence-corrected chi connectivity index (χ2v) is 5.17. The Morgan fingerprint density at radius 2 is 2.31 bits per heavy atom. The van der Waals surface area contributed by atoms with E-state index in [1.54, 1.807) is 24.5 Å². The monoisotopic (exact) mass is 200 g/mol. The Balaban J connectivity index is 2.76. The van der Waals surface area contributed by atoms with Gasteiger partial charge >= 0.3 is 0 Å². The molecular formula is C8H12N2O2S. The van der Waals surface area contributed by atoms with Crippen molar-refractivity contribution in [2.24, 2.45) is 5.73 Å². The van der Waals surface area contributed by atoms with Crippen molar-refractivity contribution in [3.63, 3.8) is 0 Å². The number of hydrogen-bond acceptors (Lipinski definition) is 4. The predicted molar refractivity (Wildman–Crippen MR) is 50.9 cm³/mol. The molecular weight excluding hydrogens is 188 g/mol. The van der Waals surface area contributed by atoms with E-state index in [4.69, 9.17) is 5.73 Å². The molecule has 1 aromatic heterocycles. The molecule has 0 fully saturated rings. The highest BCUT2D eigenvalue weighted by Gasteiger charge is 2.12. The van der Waals surface area contributed by atoms with Gasteiger partial charge in [-0.1, -0.05) is 6.07 Å². The standard InChI is InChI=1S/C8H12N2O2S/c1-13(11,12)6-8(9)7-3-2-4-10-5-7/h2-5,8H,6,9H2,1H3. The summed E-state index contributed by atoms with van der Waals surface area (Å²) in [6.45, 7) is 0. The molecule has 0 aliphatic rings. The van der Waals surface area contributed by atoms with Gasteiger partial charge in [0.1, 0.15) is 9.84 Å². The summed E-state index contributed by atoms with van der Waals surface area (Å²) in [5, 5.41) is 0. The topological polar surface area (TPSA) is 73.0 Å². The van der Waals surface area contributed by atoms with Crippen molar-refractivity contribution in [2.45, 2.75) is 6.04 Å². The molecule has 0 amide bonds. The number of nitrogens with two attached hydrogens (primary N) is 1. The van der Waals surface area contributed by atoms with Crippen LogP contribution in [-0.2, 0) is 9.84 Å². The number of sulfone groups is 1. The van der Waals surface area contributed by atoms with Crippen molar-refractivity contribution >= 4 is 9.84 Å². The SMILES string of the molecule is CS(=O)(=O)CC(N)c1cccnc1. The lowest BCUT2D eigenvalue weighted by Crippen LogP contribution is -2.20. The summed E-state index contributed by atoms with van der Waals surface area (Å²) in [5.41, 5.74) is 6.41. The van der Waals surface area contributed by atoms with Crippen LogP contribution in [0.15, 0.2) is 24.5 Å². The van der Waals surface area contributed by atoms with E-state index in [0.717, 1.165) is 5.56 Å². The fourth-order valence-electron chi connectivity index (χ4n) is 1.02. The fourth-order valence-corrected chi connectivity index (χ4v) is 1.86. The van der Waals surface area contributed by atoms with Gasteiger partial charge in [0.2, 0.25) is 0 Å². The molecule has 1 aromatic rings. The summed E-state index contributed by atoms with van der Waals surface area (Å²) in [6, 6.07) is 3.02. The van der Waals surface area contributed by atoms with Crippen molar-refractivity contribution in [2.75, 3.05) is 12.0 Å². The minimum Gasteiger partial charge on any atom is -0.323 e. The molecule has 1 heterocycles. The van der Waals surface area contributed by atoms with E-state index in [2.05, 4.69) is 4.98 Å². The summed E-state index contributed by atoms with van der Waals surface area (Å²) >= 11 is 0. The molecule has 4 nitrogen and oxygen atoms in total. The van der Waals surface area contributed by atoms with E-state index in [1.807, 2.05) is 0 Å². The van der Waals surface area contributed by atoms with Crippen LogP contribution in [0.2, 0.25) is 0 Å². The molecule has 13 heavy (non-hydrogen) atoms. The number of hydrogen-bond donors (Lipinski definition) is 1. The third-order valence-corrected chi connectivity index (χ3v) is 2.56. The molecule has 0 bridgehead atoms. The van der Waals surface area contributed by atoms with Crippen molar-refractivity contribution in [1.82, 2.24) is 4.98 Å². The molecule has 0 aromatic carbocycles. The third kappa shape index (κ3) is 3.52. The van der Waals surface area contributed by atoms with Gasteiger partial charge in [0.15, 0.2) is 0 Å². The van der Waals surface area contributed by atoms with Crippen LogP contribution in [0.5, 0.6) is 0 Å². The zero-order valence-electron chi connectivity index (χ0n) is 7.34. The molecule has 0 aliphatic heterocycles. The average molecular weight is 200 g/mol. The molecule has 2 N–H and O–H groups in total. The lowest BCUT2D eigenvalue weighted by Gasteiger charge is -2.09. The predicted octanol–water partition coefficient (Wildman–Crippen LogP) is 0.126. The van der Waals surface area contributed by atoms with Crippen LogP contribution < -0.4 is 5.73 Å². The molecule has 0 spiro atoms. The Bertz CT molecular complexity index is 361. The van der Waals surface area contributed by atoms with Crippen LogP contribution in [0, 0.1) is 0 Å². The lowest BCUT2D eigenvalue weighted by atomic mass is 10.2. The Morgan fingerprint density at radius 3 is 2.77 bits per heavy atom. The fraction of sp³-hybridized carbons (Fsp3) is 0.375. The first-order chi connectivity index (χ1) is 5.99. The molecule has 0 saturated heterocycles. The summed E-state index contributed by atoms with van der Waals surface area (Å²) < 4.78 is 21.8. The van der Waals surface area contributed by atoms with Crippen LogP contribution in [0.1, 0.15) is 11.6 Å². The Labute approximate surface area is 77.7 Å². The average Bonchev–Trinajstić information content (AvgIpc) is 2.03. The van der Waals surface area contributed by atoms with Gasteiger partial charge in [-0.15, -0.1) is 0 Å². The molecule has 1 unspecified atom stereocenters. The van der Waals surface area contributed by atoms with Gasteiger partial charge in [0.25, 0.3) is 0 Å². The number of pyridine rings is 1. The second-order valence-electron chi connectivity index (χ2n) is 2.99. The van der Waals surface area contributed by atoms with Crippen LogP contribution >= 0.6 is 0 Å². The lowest BCUT2D eigenvalue weighted by molar-refractivity contribution is 0.594. The Hall–Kier alpha value is -0.940. The van der Waals surface area contributed by atoms with Gasteiger partial charge in [0, 0.05) is 24.7 Å². The van der Waals surface area contributed by atoms with Gasteiger partial charge in [0.05, 0.1) is 5.75 Å². The van der Waals surface area contributed by atoms with Gasteiger partial charge in [-0.25, -0.2) is 8.42 Å². The van der Waals surface area contributed by atoms with E-state index in [-0.39, 0.29) is 5.75 Å². The minimum atomic E-state index is -3.02. The Kier molecular flexibility index (Phi) is 3.00. The van der Waals surface area contributed by atoms with Gasteiger partial charge in [-0.2, -0.15) is 0 Å². The van der Waals surface area contributed by atoms with E-state index < -0.39 is 15.9 Å². The molecule has 0 saturated carbocycles. The van der Waals surface area contributed by atoms with E-state index in [1.165, 1.54) is 6.26 Å². The second kappa shape index (κ2) is 3.85. The van der Waals surface area contributed by atoms with Crippen molar-refractivity contribution in [3.05, 3.63) is 30.1 Å².